The minimum Gasteiger partial charge on any atom is -0.360 e. The highest BCUT2D eigenvalue weighted by molar-refractivity contribution is 5.99. The molecule has 6 nitrogen and oxygen atoms in total. The predicted octanol–water partition coefficient (Wildman–Crippen LogP) is 1.97. The second-order valence-electron chi connectivity index (χ2n) is 4.63. The van der Waals surface area contributed by atoms with Gasteiger partial charge in [-0.2, -0.15) is 0 Å². The van der Waals surface area contributed by atoms with Crippen molar-refractivity contribution in [1.82, 2.24) is 10.1 Å². The Morgan fingerprint density at radius 1 is 1.32 bits per heavy atom. The van der Waals surface area contributed by atoms with E-state index in [0.717, 1.165) is 23.1 Å². The number of aryl methyl sites for hydroxylation is 1. The van der Waals surface area contributed by atoms with Crippen LogP contribution in [-0.2, 0) is 4.79 Å². The smallest absolute Gasteiger partial charge is 0.260 e. The molecule has 2 amide bonds. The van der Waals surface area contributed by atoms with E-state index in [1.807, 2.05) is 0 Å². The minimum atomic E-state index is -0.982. The number of likely N-dealkylation sites (N-methyl/N-ethyl adjacent to an activating group) is 1. The van der Waals surface area contributed by atoms with Crippen molar-refractivity contribution in [2.75, 3.05) is 18.9 Å². The summed E-state index contributed by atoms with van der Waals surface area (Å²) in [5.41, 5.74) is -0.699. The Hall–Kier alpha value is -2.77. The molecule has 0 aliphatic heterocycles. The van der Waals surface area contributed by atoms with Crippen LogP contribution in [0.1, 0.15) is 16.1 Å². The number of anilines is 1. The Balaban J connectivity index is 2.03. The molecule has 0 radical (unpaired) electrons. The molecule has 1 heterocycles. The number of hydrogen-bond acceptors (Lipinski definition) is 4. The number of aromatic nitrogens is 1. The number of hydrogen-bond donors (Lipinski definition) is 1. The standard InChI is InChI=1S/C14H13F2N3O3/c1-8-6-11(18-22-8)17-12(20)7-19(2)14(21)13-9(15)4-3-5-10(13)16/h3-6H,7H2,1-2H3,(H,17,18,20). The number of nitrogens with one attached hydrogen (secondary N) is 1. The SMILES string of the molecule is Cc1cc(NC(=O)CN(C)C(=O)c2c(F)cccc2F)no1. The number of rotatable bonds is 4. The summed E-state index contributed by atoms with van der Waals surface area (Å²) in [5.74, 6) is -2.76. The quantitative estimate of drug-likeness (QED) is 0.937. The maximum atomic E-state index is 13.5. The fourth-order valence-electron chi connectivity index (χ4n) is 1.79. The van der Waals surface area contributed by atoms with Crippen LogP contribution in [-0.4, -0.2) is 35.5 Å². The largest absolute Gasteiger partial charge is 0.360 e. The molecular formula is C14H13F2N3O3. The van der Waals surface area contributed by atoms with Gasteiger partial charge in [-0.1, -0.05) is 11.2 Å². The zero-order valence-corrected chi connectivity index (χ0v) is 11.9. The molecule has 0 aliphatic carbocycles. The molecule has 2 rings (SSSR count). The molecule has 8 heteroatoms. The fraction of sp³-hybridized carbons (Fsp3) is 0.214. The first-order valence-corrected chi connectivity index (χ1v) is 6.31. The van der Waals surface area contributed by atoms with E-state index in [0.29, 0.717) is 5.76 Å². The van der Waals surface area contributed by atoms with Crippen molar-refractivity contribution in [3.8, 4) is 0 Å². The summed E-state index contributed by atoms with van der Waals surface area (Å²) >= 11 is 0. The number of carbonyl (C=O) groups is 2. The summed E-state index contributed by atoms with van der Waals surface area (Å²) in [5, 5.41) is 5.97. The summed E-state index contributed by atoms with van der Waals surface area (Å²) in [6.45, 7) is 1.26. The van der Waals surface area contributed by atoms with E-state index in [9.17, 15) is 18.4 Å². The number of carbonyl (C=O) groups excluding carboxylic acids is 2. The summed E-state index contributed by atoms with van der Waals surface area (Å²) in [6.07, 6.45) is 0. The van der Waals surface area contributed by atoms with Crippen molar-refractivity contribution in [2.24, 2.45) is 0 Å². The first-order valence-electron chi connectivity index (χ1n) is 6.31. The predicted molar refractivity (Wildman–Crippen MR) is 73.2 cm³/mol. The van der Waals surface area contributed by atoms with E-state index >= 15 is 0 Å². The normalized spacial score (nSPS) is 10.4. The highest BCUT2D eigenvalue weighted by Gasteiger charge is 2.22. The van der Waals surface area contributed by atoms with Crippen molar-refractivity contribution < 1.29 is 22.9 Å². The Bertz CT molecular complexity index is 695. The van der Waals surface area contributed by atoms with E-state index in [-0.39, 0.29) is 5.82 Å². The van der Waals surface area contributed by atoms with E-state index in [1.54, 1.807) is 6.92 Å². The highest BCUT2D eigenvalue weighted by Crippen LogP contribution is 2.14. The molecular weight excluding hydrogens is 296 g/mol. The maximum absolute atomic E-state index is 13.5. The van der Waals surface area contributed by atoms with E-state index in [2.05, 4.69) is 10.5 Å². The van der Waals surface area contributed by atoms with Crippen LogP contribution in [0.2, 0.25) is 0 Å². The minimum absolute atomic E-state index is 0.195. The summed E-state index contributed by atoms with van der Waals surface area (Å²) < 4.78 is 31.8. The van der Waals surface area contributed by atoms with Crippen LogP contribution in [0, 0.1) is 18.6 Å². The van der Waals surface area contributed by atoms with Gasteiger partial charge in [0.05, 0.1) is 6.54 Å². The van der Waals surface area contributed by atoms with Crippen molar-refractivity contribution in [3.05, 3.63) is 47.2 Å². The molecule has 0 atom stereocenters. The zero-order valence-electron chi connectivity index (χ0n) is 11.9. The van der Waals surface area contributed by atoms with Gasteiger partial charge in [-0.3, -0.25) is 9.59 Å². The van der Waals surface area contributed by atoms with Gasteiger partial charge in [-0.15, -0.1) is 0 Å². The molecule has 0 bridgehead atoms. The van der Waals surface area contributed by atoms with Crippen LogP contribution >= 0.6 is 0 Å². The van der Waals surface area contributed by atoms with Crippen molar-refractivity contribution in [1.29, 1.82) is 0 Å². The first-order chi connectivity index (χ1) is 10.4. The molecule has 0 aliphatic rings. The monoisotopic (exact) mass is 309 g/mol. The van der Waals surface area contributed by atoms with Crippen LogP contribution in [0.4, 0.5) is 14.6 Å². The van der Waals surface area contributed by atoms with Crippen molar-refractivity contribution in [2.45, 2.75) is 6.92 Å². The number of halogens is 2. The molecule has 22 heavy (non-hydrogen) atoms. The second kappa shape index (κ2) is 6.33. The van der Waals surface area contributed by atoms with Gasteiger partial charge in [0.2, 0.25) is 5.91 Å². The molecule has 0 saturated carbocycles. The molecule has 1 aromatic carbocycles. The molecule has 1 aromatic heterocycles. The maximum Gasteiger partial charge on any atom is 0.260 e. The van der Waals surface area contributed by atoms with E-state index < -0.39 is 35.6 Å². The van der Waals surface area contributed by atoms with Crippen LogP contribution in [0.5, 0.6) is 0 Å². The third-order valence-corrected chi connectivity index (χ3v) is 2.80. The number of benzene rings is 1. The van der Waals surface area contributed by atoms with Crippen LogP contribution < -0.4 is 5.32 Å². The van der Waals surface area contributed by atoms with E-state index in [4.69, 9.17) is 4.52 Å². The third-order valence-electron chi connectivity index (χ3n) is 2.80. The number of nitrogens with zero attached hydrogens (tertiary/aromatic N) is 2. The van der Waals surface area contributed by atoms with Crippen LogP contribution in [0.25, 0.3) is 0 Å². The lowest BCUT2D eigenvalue weighted by Gasteiger charge is -2.17. The summed E-state index contributed by atoms with van der Waals surface area (Å²) in [4.78, 5) is 24.7. The van der Waals surface area contributed by atoms with E-state index in [1.165, 1.54) is 13.1 Å². The van der Waals surface area contributed by atoms with Crippen molar-refractivity contribution in [3.63, 3.8) is 0 Å². The molecule has 116 valence electrons. The summed E-state index contributed by atoms with van der Waals surface area (Å²) in [6, 6.07) is 4.60. The molecule has 0 spiro atoms. The third kappa shape index (κ3) is 3.46. The molecule has 0 fully saturated rings. The molecule has 0 saturated heterocycles. The zero-order chi connectivity index (χ0) is 16.3. The highest BCUT2D eigenvalue weighted by atomic mass is 19.1. The van der Waals surface area contributed by atoms with Gasteiger partial charge in [-0.25, -0.2) is 8.78 Å². The van der Waals surface area contributed by atoms with Crippen molar-refractivity contribution >= 4 is 17.6 Å². The molecule has 1 N–H and O–H groups in total. The topological polar surface area (TPSA) is 75.4 Å². The lowest BCUT2D eigenvalue weighted by Crippen LogP contribution is -2.35. The Labute approximate surface area is 124 Å². The Kier molecular flexibility index (Phi) is 4.50. The molecule has 2 aromatic rings. The lowest BCUT2D eigenvalue weighted by atomic mass is 10.1. The average molecular weight is 309 g/mol. The van der Waals surface area contributed by atoms with Gasteiger partial charge in [-0.05, 0) is 19.1 Å². The Morgan fingerprint density at radius 3 is 2.50 bits per heavy atom. The average Bonchev–Trinajstić information content (AvgIpc) is 2.83. The number of amides is 2. The fourth-order valence-corrected chi connectivity index (χ4v) is 1.79. The second-order valence-corrected chi connectivity index (χ2v) is 4.63. The van der Waals surface area contributed by atoms with Gasteiger partial charge < -0.3 is 14.7 Å². The first kappa shape index (κ1) is 15.6. The molecule has 0 unspecified atom stereocenters. The van der Waals surface area contributed by atoms with Gasteiger partial charge >= 0.3 is 0 Å². The van der Waals surface area contributed by atoms with Crippen LogP contribution in [0.3, 0.4) is 0 Å². The van der Waals surface area contributed by atoms with Crippen LogP contribution in [0.15, 0.2) is 28.8 Å². The Morgan fingerprint density at radius 2 is 1.95 bits per heavy atom. The lowest BCUT2D eigenvalue weighted by molar-refractivity contribution is -0.116. The van der Waals surface area contributed by atoms with Gasteiger partial charge in [0.15, 0.2) is 5.82 Å². The summed E-state index contributed by atoms with van der Waals surface area (Å²) in [7, 11) is 1.27. The van der Waals surface area contributed by atoms with Gasteiger partial charge in [0.1, 0.15) is 23.0 Å². The van der Waals surface area contributed by atoms with Gasteiger partial charge in [0, 0.05) is 13.1 Å². The van der Waals surface area contributed by atoms with Gasteiger partial charge in [0.25, 0.3) is 5.91 Å².